The SMILES string of the molecule is CC(=O)C(C)N1CCN(c2nccs2)CC1. The van der Waals surface area contributed by atoms with Crippen LogP contribution in [0.1, 0.15) is 13.8 Å². The fourth-order valence-electron chi connectivity index (χ4n) is 1.93. The van der Waals surface area contributed by atoms with Crippen LogP contribution in [0.3, 0.4) is 0 Å². The summed E-state index contributed by atoms with van der Waals surface area (Å²) in [5.41, 5.74) is 0. The van der Waals surface area contributed by atoms with Crippen molar-refractivity contribution in [3.63, 3.8) is 0 Å². The van der Waals surface area contributed by atoms with E-state index < -0.39 is 0 Å². The first kappa shape index (κ1) is 11.5. The van der Waals surface area contributed by atoms with Gasteiger partial charge in [-0.15, -0.1) is 11.3 Å². The molecule has 88 valence electrons. The number of rotatable bonds is 3. The number of Topliss-reactive ketones (excluding diaryl/α,β-unsaturated/α-hetero) is 1. The summed E-state index contributed by atoms with van der Waals surface area (Å²) >= 11 is 1.67. The third kappa shape index (κ3) is 2.41. The van der Waals surface area contributed by atoms with E-state index in [0.29, 0.717) is 0 Å². The van der Waals surface area contributed by atoms with Crippen molar-refractivity contribution in [3.8, 4) is 0 Å². The molecule has 0 bridgehead atoms. The Hall–Kier alpha value is -0.940. The predicted molar refractivity (Wildman–Crippen MR) is 66.0 cm³/mol. The lowest BCUT2D eigenvalue weighted by Gasteiger charge is -2.37. The van der Waals surface area contributed by atoms with Gasteiger partial charge in [0.1, 0.15) is 5.78 Å². The Balaban J connectivity index is 1.90. The minimum absolute atomic E-state index is 0.0541. The number of anilines is 1. The Labute approximate surface area is 99.9 Å². The number of thiazole rings is 1. The molecule has 2 heterocycles. The molecule has 0 N–H and O–H groups in total. The average molecular weight is 239 g/mol. The molecule has 0 aliphatic carbocycles. The zero-order valence-electron chi connectivity index (χ0n) is 9.72. The monoisotopic (exact) mass is 239 g/mol. The molecule has 4 nitrogen and oxygen atoms in total. The van der Waals surface area contributed by atoms with Crippen LogP contribution in [0.25, 0.3) is 0 Å². The van der Waals surface area contributed by atoms with Crippen LogP contribution >= 0.6 is 11.3 Å². The third-order valence-electron chi connectivity index (χ3n) is 3.14. The van der Waals surface area contributed by atoms with Gasteiger partial charge >= 0.3 is 0 Å². The number of nitrogens with zero attached hydrogens (tertiary/aromatic N) is 3. The van der Waals surface area contributed by atoms with Crippen molar-refractivity contribution >= 4 is 22.3 Å². The van der Waals surface area contributed by atoms with E-state index in [1.807, 2.05) is 18.5 Å². The molecule has 1 aromatic heterocycles. The first-order chi connectivity index (χ1) is 7.68. The van der Waals surface area contributed by atoms with Crippen molar-refractivity contribution in [1.82, 2.24) is 9.88 Å². The van der Waals surface area contributed by atoms with Gasteiger partial charge in [0.05, 0.1) is 6.04 Å². The topological polar surface area (TPSA) is 36.4 Å². The van der Waals surface area contributed by atoms with Gasteiger partial charge in [0, 0.05) is 37.8 Å². The standard InChI is InChI=1S/C11H17N3OS/c1-9(10(2)15)13-4-6-14(7-5-13)11-12-3-8-16-11/h3,8-9H,4-7H2,1-2H3. The van der Waals surface area contributed by atoms with Crippen LogP contribution in [0.4, 0.5) is 5.13 Å². The molecule has 0 saturated carbocycles. The van der Waals surface area contributed by atoms with Gasteiger partial charge in [-0.1, -0.05) is 0 Å². The summed E-state index contributed by atoms with van der Waals surface area (Å²) in [6.07, 6.45) is 1.84. The number of hydrogen-bond acceptors (Lipinski definition) is 5. The first-order valence-corrected chi connectivity index (χ1v) is 6.45. The molecule has 0 aromatic carbocycles. The average Bonchev–Trinajstić information content (AvgIpc) is 2.81. The molecule has 0 radical (unpaired) electrons. The first-order valence-electron chi connectivity index (χ1n) is 5.57. The van der Waals surface area contributed by atoms with Crippen LogP contribution in [-0.2, 0) is 4.79 Å². The minimum atomic E-state index is 0.0541. The van der Waals surface area contributed by atoms with E-state index >= 15 is 0 Å². The summed E-state index contributed by atoms with van der Waals surface area (Å²) in [6, 6.07) is 0.0541. The summed E-state index contributed by atoms with van der Waals surface area (Å²) in [7, 11) is 0. The second-order valence-corrected chi connectivity index (χ2v) is 5.00. The molecular formula is C11H17N3OS. The summed E-state index contributed by atoms with van der Waals surface area (Å²) in [6.45, 7) is 7.47. The molecule has 2 rings (SSSR count). The highest BCUT2D eigenvalue weighted by Gasteiger charge is 2.24. The molecule has 1 saturated heterocycles. The van der Waals surface area contributed by atoms with E-state index in [4.69, 9.17) is 0 Å². The van der Waals surface area contributed by atoms with Crippen LogP contribution in [0, 0.1) is 0 Å². The van der Waals surface area contributed by atoms with Gasteiger partial charge in [-0.05, 0) is 13.8 Å². The Morgan fingerprint density at radius 2 is 2.12 bits per heavy atom. The largest absolute Gasteiger partial charge is 0.346 e. The fourth-order valence-corrected chi connectivity index (χ4v) is 2.63. The van der Waals surface area contributed by atoms with E-state index in [9.17, 15) is 4.79 Å². The molecular weight excluding hydrogens is 222 g/mol. The molecule has 1 aromatic rings. The van der Waals surface area contributed by atoms with Gasteiger partial charge in [-0.2, -0.15) is 0 Å². The molecule has 5 heteroatoms. The minimum Gasteiger partial charge on any atom is -0.346 e. The lowest BCUT2D eigenvalue weighted by molar-refractivity contribution is -0.121. The van der Waals surface area contributed by atoms with Gasteiger partial charge in [0.2, 0.25) is 0 Å². The Morgan fingerprint density at radius 1 is 1.44 bits per heavy atom. The van der Waals surface area contributed by atoms with Crippen molar-refractivity contribution in [2.45, 2.75) is 19.9 Å². The molecule has 1 aliphatic rings. The quantitative estimate of drug-likeness (QED) is 0.795. The summed E-state index contributed by atoms with van der Waals surface area (Å²) < 4.78 is 0. The molecule has 0 spiro atoms. The van der Waals surface area contributed by atoms with Crippen LogP contribution < -0.4 is 4.90 Å². The molecule has 1 unspecified atom stereocenters. The van der Waals surface area contributed by atoms with Gasteiger partial charge in [0.25, 0.3) is 0 Å². The van der Waals surface area contributed by atoms with Gasteiger partial charge in [-0.25, -0.2) is 4.98 Å². The Morgan fingerprint density at radius 3 is 2.62 bits per heavy atom. The zero-order valence-corrected chi connectivity index (χ0v) is 10.5. The summed E-state index contributed by atoms with van der Waals surface area (Å²) in [5.74, 6) is 0.252. The zero-order chi connectivity index (χ0) is 11.5. The number of aromatic nitrogens is 1. The maximum atomic E-state index is 11.3. The van der Waals surface area contributed by atoms with Crippen molar-refractivity contribution in [2.24, 2.45) is 0 Å². The number of carbonyl (C=O) groups excluding carboxylic acids is 1. The van der Waals surface area contributed by atoms with Crippen molar-refractivity contribution in [3.05, 3.63) is 11.6 Å². The normalized spacial score (nSPS) is 19.8. The van der Waals surface area contributed by atoms with E-state index in [0.717, 1.165) is 31.3 Å². The number of hydrogen-bond donors (Lipinski definition) is 0. The highest BCUT2D eigenvalue weighted by Crippen LogP contribution is 2.19. The van der Waals surface area contributed by atoms with Crippen LogP contribution in [0.5, 0.6) is 0 Å². The number of piperazine rings is 1. The lowest BCUT2D eigenvalue weighted by Crippen LogP contribution is -2.51. The Bertz CT molecular complexity index is 344. The van der Waals surface area contributed by atoms with E-state index in [1.54, 1.807) is 18.3 Å². The van der Waals surface area contributed by atoms with Crippen molar-refractivity contribution in [1.29, 1.82) is 0 Å². The van der Waals surface area contributed by atoms with Gasteiger partial charge < -0.3 is 4.90 Å². The number of ketones is 1. The highest BCUT2D eigenvalue weighted by atomic mass is 32.1. The molecule has 0 amide bonds. The van der Waals surface area contributed by atoms with Crippen LogP contribution in [0.2, 0.25) is 0 Å². The summed E-state index contributed by atoms with van der Waals surface area (Å²) in [5, 5.41) is 3.09. The van der Waals surface area contributed by atoms with Gasteiger partial charge in [0.15, 0.2) is 5.13 Å². The fraction of sp³-hybridized carbons (Fsp3) is 0.636. The molecule has 1 fully saturated rings. The molecule has 1 aliphatic heterocycles. The molecule has 16 heavy (non-hydrogen) atoms. The van der Waals surface area contributed by atoms with Gasteiger partial charge in [-0.3, -0.25) is 9.69 Å². The smallest absolute Gasteiger partial charge is 0.185 e. The highest BCUT2D eigenvalue weighted by molar-refractivity contribution is 7.13. The Kier molecular flexibility index (Phi) is 3.56. The molecule has 1 atom stereocenters. The maximum Gasteiger partial charge on any atom is 0.185 e. The van der Waals surface area contributed by atoms with E-state index in [2.05, 4.69) is 14.8 Å². The van der Waals surface area contributed by atoms with Crippen molar-refractivity contribution < 1.29 is 4.79 Å². The predicted octanol–water partition coefficient (Wildman–Crippen LogP) is 1.24. The van der Waals surface area contributed by atoms with Crippen LogP contribution in [0.15, 0.2) is 11.6 Å². The maximum absolute atomic E-state index is 11.3. The second kappa shape index (κ2) is 4.93. The van der Waals surface area contributed by atoms with E-state index in [-0.39, 0.29) is 11.8 Å². The summed E-state index contributed by atoms with van der Waals surface area (Å²) in [4.78, 5) is 20.1. The second-order valence-electron chi connectivity index (χ2n) is 4.12. The van der Waals surface area contributed by atoms with Crippen molar-refractivity contribution in [2.75, 3.05) is 31.1 Å². The third-order valence-corrected chi connectivity index (χ3v) is 3.97. The van der Waals surface area contributed by atoms with E-state index in [1.165, 1.54) is 0 Å². The van der Waals surface area contributed by atoms with Crippen LogP contribution in [-0.4, -0.2) is 47.9 Å². The lowest BCUT2D eigenvalue weighted by atomic mass is 10.2. The number of carbonyl (C=O) groups is 1.